The van der Waals surface area contributed by atoms with Gasteiger partial charge in [-0.3, -0.25) is 9.59 Å². The monoisotopic (exact) mass is 500 g/mol. The van der Waals surface area contributed by atoms with Crippen LogP contribution in [0.4, 0.5) is 0 Å². The van der Waals surface area contributed by atoms with Crippen LogP contribution in [-0.4, -0.2) is 17.9 Å². The van der Waals surface area contributed by atoms with E-state index in [0.717, 1.165) is 43.9 Å². The Labute approximate surface area is 222 Å². The zero-order valence-electron chi connectivity index (χ0n) is 24.0. The van der Waals surface area contributed by atoms with Crippen LogP contribution in [0.2, 0.25) is 0 Å². The quantitative estimate of drug-likeness (QED) is 0.187. The molecule has 0 amide bonds. The van der Waals surface area contributed by atoms with Crippen LogP contribution in [0.15, 0.2) is 0 Å². The van der Waals surface area contributed by atoms with E-state index in [1.54, 1.807) is 0 Å². The summed E-state index contributed by atoms with van der Waals surface area (Å²) in [6.07, 6.45) is 25.2. The van der Waals surface area contributed by atoms with E-state index >= 15 is 0 Å². The molecule has 4 fully saturated rings. The SMILES string of the molecule is CCCCCCCCCCCCCC(=O)O[C@H]1CCC2C3CC[C@@H]4CC(=O)CC[C@]4(C)C3CC[C@@]21C. The molecule has 0 aromatic rings. The Morgan fingerprint density at radius 1 is 0.778 bits per heavy atom. The molecule has 4 rings (SSSR count). The van der Waals surface area contributed by atoms with Crippen molar-refractivity contribution in [2.24, 2.45) is 34.5 Å². The highest BCUT2D eigenvalue weighted by atomic mass is 16.5. The fraction of sp³-hybridized carbons (Fsp3) is 0.939. The van der Waals surface area contributed by atoms with Crippen molar-refractivity contribution in [3.05, 3.63) is 0 Å². The van der Waals surface area contributed by atoms with Crippen molar-refractivity contribution in [3.8, 4) is 0 Å². The largest absolute Gasteiger partial charge is 0.462 e. The smallest absolute Gasteiger partial charge is 0.306 e. The molecule has 0 N–H and O–H groups in total. The molecule has 0 radical (unpaired) electrons. The molecule has 4 aliphatic carbocycles. The normalized spacial score (nSPS) is 37.8. The maximum atomic E-state index is 12.8. The second kappa shape index (κ2) is 12.8. The number of Topliss-reactive ketones (excluding diaryl/α,β-unsaturated/α-hetero) is 1. The van der Waals surface area contributed by atoms with E-state index in [4.69, 9.17) is 4.74 Å². The summed E-state index contributed by atoms with van der Waals surface area (Å²) in [4.78, 5) is 24.9. The molecule has 3 nitrogen and oxygen atoms in total. The van der Waals surface area contributed by atoms with E-state index in [2.05, 4.69) is 20.8 Å². The lowest BCUT2D eigenvalue weighted by Crippen LogP contribution is -2.54. The minimum Gasteiger partial charge on any atom is -0.462 e. The Morgan fingerprint density at radius 2 is 1.42 bits per heavy atom. The fourth-order valence-electron chi connectivity index (χ4n) is 9.34. The maximum Gasteiger partial charge on any atom is 0.306 e. The maximum absolute atomic E-state index is 12.8. The number of ether oxygens (including phenoxy) is 1. The highest BCUT2D eigenvalue weighted by molar-refractivity contribution is 5.79. The lowest BCUT2D eigenvalue weighted by Gasteiger charge is -2.60. The molecule has 0 spiro atoms. The fourth-order valence-corrected chi connectivity index (χ4v) is 9.34. The van der Waals surface area contributed by atoms with E-state index in [0.29, 0.717) is 29.5 Å². The van der Waals surface area contributed by atoms with Crippen molar-refractivity contribution < 1.29 is 14.3 Å². The number of rotatable bonds is 13. The Morgan fingerprint density at radius 3 is 2.11 bits per heavy atom. The number of carbonyl (C=O) groups excluding carboxylic acids is 2. The summed E-state index contributed by atoms with van der Waals surface area (Å²) >= 11 is 0. The van der Waals surface area contributed by atoms with Gasteiger partial charge in [-0.15, -0.1) is 0 Å². The summed E-state index contributed by atoms with van der Waals surface area (Å²) in [6, 6.07) is 0. The molecule has 4 saturated carbocycles. The third-order valence-corrected chi connectivity index (χ3v) is 11.7. The number of esters is 1. The Kier molecular flexibility index (Phi) is 10.0. The van der Waals surface area contributed by atoms with Gasteiger partial charge in [-0.1, -0.05) is 85.0 Å². The minimum absolute atomic E-state index is 0.0568. The summed E-state index contributed by atoms with van der Waals surface area (Å²) in [5.74, 6) is 3.42. The lowest BCUT2D eigenvalue weighted by molar-refractivity contribution is -0.164. The van der Waals surface area contributed by atoms with Gasteiger partial charge < -0.3 is 4.74 Å². The molecule has 0 aromatic carbocycles. The number of unbranched alkanes of at least 4 members (excludes halogenated alkanes) is 10. The molecule has 0 bridgehead atoms. The van der Waals surface area contributed by atoms with Crippen molar-refractivity contribution >= 4 is 11.8 Å². The molecular weight excluding hydrogens is 444 g/mol. The molecule has 36 heavy (non-hydrogen) atoms. The van der Waals surface area contributed by atoms with Gasteiger partial charge in [0.2, 0.25) is 0 Å². The van der Waals surface area contributed by atoms with Crippen LogP contribution < -0.4 is 0 Å². The topological polar surface area (TPSA) is 43.4 Å². The minimum atomic E-state index is 0.0568. The zero-order chi connectivity index (χ0) is 25.6. The first kappa shape index (κ1) is 28.2. The first-order chi connectivity index (χ1) is 17.4. The summed E-state index contributed by atoms with van der Waals surface area (Å²) in [6.45, 7) is 7.24. The van der Waals surface area contributed by atoms with Crippen molar-refractivity contribution in [1.82, 2.24) is 0 Å². The van der Waals surface area contributed by atoms with Crippen LogP contribution in [0.25, 0.3) is 0 Å². The number of ketones is 1. The van der Waals surface area contributed by atoms with Gasteiger partial charge in [-0.2, -0.15) is 0 Å². The van der Waals surface area contributed by atoms with E-state index < -0.39 is 0 Å². The highest BCUT2D eigenvalue weighted by Crippen LogP contribution is 2.66. The Bertz CT molecular complexity index is 730. The summed E-state index contributed by atoms with van der Waals surface area (Å²) < 4.78 is 6.22. The standard InChI is InChI=1S/C33H56O3/c1-4-5-6-7-8-9-10-11-12-13-14-15-31(35)36-30-19-18-28-27-17-16-25-24-26(34)20-22-32(25,2)29(27)21-23-33(28,30)3/h25,27-30H,4-24H2,1-3H3/t25-,27?,28?,29?,30+,32+,33+/m1/s1. The van der Waals surface area contributed by atoms with Gasteiger partial charge in [-0.05, 0) is 80.5 Å². The van der Waals surface area contributed by atoms with Gasteiger partial charge in [-0.25, -0.2) is 0 Å². The molecular formula is C33H56O3. The Balaban J connectivity index is 1.16. The van der Waals surface area contributed by atoms with Crippen LogP contribution in [-0.2, 0) is 14.3 Å². The molecule has 0 saturated heterocycles. The van der Waals surface area contributed by atoms with Crippen molar-refractivity contribution in [1.29, 1.82) is 0 Å². The van der Waals surface area contributed by atoms with Gasteiger partial charge >= 0.3 is 5.97 Å². The van der Waals surface area contributed by atoms with Crippen LogP contribution in [0.3, 0.4) is 0 Å². The molecule has 3 heteroatoms. The number of fused-ring (bicyclic) bond motifs is 5. The Hall–Kier alpha value is -0.860. The second-order valence-corrected chi connectivity index (χ2v) is 13.8. The lowest BCUT2D eigenvalue weighted by atomic mass is 9.45. The van der Waals surface area contributed by atoms with Crippen LogP contribution in [0.1, 0.15) is 156 Å². The van der Waals surface area contributed by atoms with E-state index in [1.807, 2.05) is 0 Å². The molecule has 0 aromatic heterocycles. The van der Waals surface area contributed by atoms with Crippen molar-refractivity contribution in [3.63, 3.8) is 0 Å². The molecule has 7 atom stereocenters. The first-order valence-electron chi connectivity index (χ1n) is 16.1. The predicted octanol–water partition coefficient (Wildman–Crippen LogP) is 9.21. The molecule has 3 unspecified atom stereocenters. The summed E-state index contributed by atoms with van der Waals surface area (Å²) in [5.41, 5.74) is 0.531. The average Bonchev–Trinajstić information content (AvgIpc) is 3.19. The van der Waals surface area contributed by atoms with E-state index in [1.165, 1.54) is 96.3 Å². The van der Waals surface area contributed by atoms with Crippen LogP contribution in [0, 0.1) is 34.5 Å². The molecule has 206 valence electrons. The highest BCUT2D eigenvalue weighted by Gasteiger charge is 2.61. The van der Waals surface area contributed by atoms with Gasteiger partial charge in [0.15, 0.2) is 0 Å². The number of hydrogen-bond donors (Lipinski definition) is 0. The predicted molar refractivity (Wildman–Crippen MR) is 148 cm³/mol. The third-order valence-electron chi connectivity index (χ3n) is 11.7. The average molecular weight is 501 g/mol. The molecule has 0 heterocycles. The van der Waals surface area contributed by atoms with Gasteiger partial charge in [0, 0.05) is 24.7 Å². The van der Waals surface area contributed by atoms with E-state index in [-0.39, 0.29) is 17.5 Å². The third kappa shape index (κ3) is 6.23. The van der Waals surface area contributed by atoms with Crippen LogP contribution >= 0.6 is 0 Å². The van der Waals surface area contributed by atoms with Gasteiger partial charge in [0.25, 0.3) is 0 Å². The molecule has 0 aliphatic heterocycles. The second-order valence-electron chi connectivity index (χ2n) is 13.8. The van der Waals surface area contributed by atoms with Crippen molar-refractivity contribution in [2.45, 2.75) is 162 Å². The first-order valence-corrected chi connectivity index (χ1v) is 16.1. The summed E-state index contributed by atoms with van der Waals surface area (Å²) in [7, 11) is 0. The zero-order valence-corrected chi connectivity index (χ0v) is 24.0. The number of hydrogen-bond acceptors (Lipinski definition) is 3. The number of carbonyl (C=O) groups is 2. The summed E-state index contributed by atoms with van der Waals surface area (Å²) in [5, 5.41) is 0. The van der Waals surface area contributed by atoms with Gasteiger partial charge in [0.1, 0.15) is 11.9 Å². The van der Waals surface area contributed by atoms with E-state index in [9.17, 15) is 9.59 Å². The van der Waals surface area contributed by atoms with Crippen molar-refractivity contribution in [2.75, 3.05) is 0 Å². The van der Waals surface area contributed by atoms with Crippen LogP contribution in [0.5, 0.6) is 0 Å². The van der Waals surface area contributed by atoms with Gasteiger partial charge in [0.05, 0.1) is 0 Å². The molecule has 4 aliphatic rings.